The van der Waals surface area contributed by atoms with E-state index in [-0.39, 0.29) is 18.0 Å². The van der Waals surface area contributed by atoms with Gasteiger partial charge in [0.1, 0.15) is 0 Å². The number of esters is 1. The van der Waals surface area contributed by atoms with Crippen molar-refractivity contribution in [2.75, 3.05) is 7.11 Å². The van der Waals surface area contributed by atoms with Crippen LogP contribution in [0.5, 0.6) is 0 Å². The van der Waals surface area contributed by atoms with Crippen LogP contribution >= 0.6 is 0 Å². The van der Waals surface area contributed by atoms with Gasteiger partial charge in [-0.2, -0.15) is 0 Å². The second-order valence-corrected chi connectivity index (χ2v) is 6.20. The maximum atomic E-state index is 11.5. The topological polar surface area (TPSA) is 81.4 Å². The lowest BCUT2D eigenvalue weighted by atomic mass is 9.97. The van der Waals surface area contributed by atoms with Crippen LogP contribution in [0.4, 0.5) is 0 Å². The number of aliphatic carboxylic acids is 1. The summed E-state index contributed by atoms with van der Waals surface area (Å²) in [7, 11) is 1.36. The van der Waals surface area contributed by atoms with Gasteiger partial charge in [0.25, 0.3) is 0 Å². The lowest BCUT2D eigenvalue weighted by Gasteiger charge is -2.08. The number of hydrogen-bond donors (Lipinski definition) is 1. The molecule has 0 amide bonds. The van der Waals surface area contributed by atoms with Gasteiger partial charge in [-0.25, -0.2) is 4.79 Å². The van der Waals surface area contributed by atoms with Crippen molar-refractivity contribution >= 4 is 28.4 Å². The molecule has 0 aliphatic rings. The Morgan fingerprint density at radius 1 is 1.26 bits per heavy atom. The number of nitrogens with zero attached hydrogens (tertiary/aromatic N) is 2. The average molecular weight is 364 g/mol. The number of methoxy groups -OCH3 is 1. The number of pyridine rings is 1. The highest BCUT2D eigenvalue weighted by Gasteiger charge is 2.18. The number of ether oxygens (including phenoxy) is 1. The lowest BCUT2D eigenvalue weighted by Crippen LogP contribution is -2.06. The zero-order valence-electron chi connectivity index (χ0n) is 15.0. The molecule has 3 rings (SSSR count). The van der Waals surface area contributed by atoms with Crippen molar-refractivity contribution in [1.82, 2.24) is 9.55 Å². The smallest absolute Gasteiger partial charge is 0.335 e. The van der Waals surface area contributed by atoms with Crippen LogP contribution < -0.4 is 0 Å². The molecule has 0 saturated carbocycles. The van der Waals surface area contributed by atoms with E-state index < -0.39 is 5.97 Å². The van der Waals surface area contributed by atoms with Gasteiger partial charge in [0.05, 0.1) is 19.1 Å². The second-order valence-electron chi connectivity index (χ2n) is 6.20. The maximum absolute atomic E-state index is 11.5. The van der Waals surface area contributed by atoms with Crippen LogP contribution in [0.3, 0.4) is 0 Å². The quantitative estimate of drug-likeness (QED) is 0.514. The van der Waals surface area contributed by atoms with Crippen molar-refractivity contribution in [3.8, 4) is 0 Å². The molecule has 6 nitrogen and oxygen atoms in total. The summed E-state index contributed by atoms with van der Waals surface area (Å²) >= 11 is 0. The van der Waals surface area contributed by atoms with Crippen LogP contribution in [0.15, 0.2) is 55.5 Å². The molecule has 6 heteroatoms. The first kappa shape index (κ1) is 18.4. The third-order valence-electron chi connectivity index (χ3n) is 4.47. The van der Waals surface area contributed by atoms with E-state index in [4.69, 9.17) is 4.74 Å². The van der Waals surface area contributed by atoms with E-state index in [1.807, 2.05) is 29.0 Å². The van der Waals surface area contributed by atoms with Gasteiger partial charge in [0, 0.05) is 42.5 Å². The molecule has 0 radical (unpaired) electrons. The minimum Gasteiger partial charge on any atom is -0.478 e. The van der Waals surface area contributed by atoms with E-state index in [0.717, 1.165) is 22.0 Å². The molecule has 0 saturated heterocycles. The van der Waals surface area contributed by atoms with Gasteiger partial charge < -0.3 is 14.4 Å². The maximum Gasteiger partial charge on any atom is 0.335 e. The van der Waals surface area contributed by atoms with Crippen molar-refractivity contribution in [3.63, 3.8) is 0 Å². The van der Waals surface area contributed by atoms with Crippen molar-refractivity contribution in [2.24, 2.45) is 0 Å². The summed E-state index contributed by atoms with van der Waals surface area (Å²) in [5, 5.41) is 10.2. The SMILES string of the molecule is C=C(C(=O)O)c1cccc2c1c(Cc1cccnc1)cn2CCC(=O)OC. The molecule has 0 bridgehead atoms. The zero-order valence-corrected chi connectivity index (χ0v) is 15.0. The first-order chi connectivity index (χ1) is 13.0. The van der Waals surface area contributed by atoms with Gasteiger partial charge in [0.15, 0.2) is 0 Å². The van der Waals surface area contributed by atoms with E-state index >= 15 is 0 Å². The number of hydrogen-bond acceptors (Lipinski definition) is 4. The molecule has 0 spiro atoms. The fourth-order valence-electron chi connectivity index (χ4n) is 3.16. The summed E-state index contributed by atoms with van der Waals surface area (Å²) in [5.74, 6) is -1.35. The van der Waals surface area contributed by atoms with Gasteiger partial charge in [-0.3, -0.25) is 9.78 Å². The molecule has 3 aromatic rings. The Balaban J connectivity index is 2.11. The highest BCUT2D eigenvalue weighted by atomic mass is 16.5. The number of aromatic nitrogens is 2. The van der Waals surface area contributed by atoms with Crippen molar-refractivity contribution in [3.05, 3.63) is 72.2 Å². The van der Waals surface area contributed by atoms with Crippen LogP contribution in [0.1, 0.15) is 23.1 Å². The molecule has 0 aliphatic carbocycles. The standard InChI is InChI=1S/C21H20N2O4/c1-14(21(25)26)17-6-3-7-18-20(17)16(11-15-5-4-9-22-12-15)13-23(18)10-8-19(24)27-2/h3-7,9,12-13H,1,8,10-11H2,2H3,(H,25,26). The van der Waals surface area contributed by atoms with Gasteiger partial charge in [-0.05, 0) is 28.8 Å². The average Bonchev–Trinajstić information content (AvgIpc) is 3.04. The van der Waals surface area contributed by atoms with Gasteiger partial charge in [-0.1, -0.05) is 24.8 Å². The van der Waals surface area contributed by atoms with Crippen LogP contribution in [-0.2, 0) is 27.3 Å². The van der Waals surface area contributed by atoms with E-state index in [1.165, 1.54) is 7.11 Å². The highest BCUT2D eigenvalue weighted by molar-refractivity contribution is 6.18. The van der Waals surface area contributed by atoms with Crippen LogP contribution in [-0.4, -0.2) is 33.7 Å². The Bertz CT molecular complexity index is 1010. The Morgan fingerprint density at radius 3 is 2.74 bits per heavy atom. The van der Waals surface area contributed by atoms with Crippen LogP contribution in [0.2, 0.25) is 0 Å². The second kappa shape index (κ2) is 7.86. The number of fused-ring (bicyclic) bond motifs is 1. The molecular formula is C21H20N2O4. The summed E-state index contributed by atoms with van der Waals surface area (Å²) in [6.45, 7) is 4.17. The summed E-state index contributed by atoms with van der Waals surface area (Å²) in [5.41, 5.74) is 3.45. The highest BCUT2D eigenvalue weighted by Crippen LogP contribution is 2.31. The molecule has 2 heterocycles. The number of benzene rings is 1. The Morgan fingerprint density at radius 2 is 2.07 bits per heavy atom. The number of carbonyl (C=O) groups is 2. The van der Waals surface area contributed by atoms with Crippen LogP contribution in [0, 0.1) is 0 Å². The van der Waals surface area contributed by atoms with Gasteiger partial charge in [0.2, 0.25) is 0 Å². The molecule has 138 valence electrons. The van der Waals surface area contributed by atoms with E-state index in [2.05, 4.69) is 11.6 Å². The van der Waals surface area contributed by atoms with Crippen molar-refractivity contribution in [1.29, 1.82) is 0 Å². The number of carboxylic acids is 1. The lowest BCUT2D eigenvalue weighted by molar-refractivity contribution is -0.140. The monoisotopic (exact) mass is 364 g/mol. The van der Waals surface area contributed by atoms with Gasteiger partial charge in [-0.15, -0.1) is 0 Å². The molecule has 0 fully saturated rings. The Kier molecular flexibility index (Phi) is 5.35. The number of rotatable bonds is 7. The minimum absolute atomic E-state index is 0.0405. The van der Waals surface area contributed by atoms with Crippen molar-refractivity contribution < 1.29 is 19.4 Å². The summed E-state index contributed by atoms with van der Waals surface area (Å²) in [4.78, 5) is 27.2. The van der Waals surface area contributed by atoms with Crippen molar-refractivity contribution in [2.45, 2.75) is 19.4 Å². The first-order valence-electron chi connectivity index (χ1n) is 8.50. The predicted molar refractivity (Wildman–Crippen MR) is 102 cm³/mol. The minimum atomic E-state index is -1.06. The van der Waals surface area contributed by atoms with E-state index in [9.17, 15) is 14.7 Å². The largest absolute Gasteiger partial charge is 0.478 e. The summed E-state index contributed by atoms with van der Waals surface area (Å²) < 4.78 is 6.68. The van der Waals surface area contributed by atoms with Crippen LogP contribution in [0.25, 0.3) is 16.5 Å². The molecular weight excluding hydrogens is 344 g/mol. The molecule has 2 aromatic heterocycles. The molecule has 1 N–H and O–H groups in total. The molecule has 0 atom stereocenters. The normalized spacial score (nSPS) is 10.7. The van der Waals surface area contributed by atoms with Gasteiger partial charge >= 0.3 is 11.9 Å². The number of carboxylic acid groups (broad SMARTS) is 1. The zero-order chi connectivity index (χ0) is 19.4. The Hall–Kier alpha value is -3.41. The van der Waals surface area contributed by atoms with E-state index in [1.54, 1.807) is 24.5 Å². The summed E-state index contributed by atoms with van der Waals surface area (Å²) in [6, 6.07) is 9.31. The predicted octanol–water partition coefficient (Wildman–Crippen LogP) is 3.29. The van der Waals surface area contributed by atoms with E-state index in [0.29, 0.717) is 18.5 Å². The fourth-order valence-corrected chi connectivity index (χ4v) is 3.16. The molecule has 0 unspecified atom stereocenters. The summed E-state index contributed by atoms with van der Waals surface area (Å²) in [6.07, 6.45) is 6.28. The third kappa shape index (κ3) is 3.89. The third-order valence-corrected chi connectivity index (χ3v) is 4.47. The molecule has 0 aliphatic heterocycles. The Labute approximate surface area is 156 Å². The number of aryl methyl sites for hydroxylation is 1. The molecule has 1 aromatic carbocycles. The first-order valence-corrected chi connectivity index (χ1v) is 8.50. The fraction of sp³-hybridized carbons (Fsp3) is 0.190. The molecule has 27 heavy (non-hydrogen) atoms. The number of carbonyl (C=O) groups excluding carboxylic acids is 1.